The average Bonchev–Trinajstić information content (AvgIpc) is 2.37. The van der Waals surface area contributed by atoms with Gasteiger partial charge in [-0.2, -0.15) is 0 Å². The first kappa shape index (κ1) is 15.2. The number of aryl methyl sites for hydroxylation is 1. The van der Waals surface area contributed by atoms with Crippen molar-refractivity contribution in [3.8, 4) is 0 Å². The lowest BCUT2D eigenvalue weighted by atomic mass is 10.1. The highest BCUT2D eigenvalue weighted by molar-refractivity contribution is 5.14. The van der Waals surface area contributed by atoms with Crippen LogP contribution in [0.2, 0.25) is 0 Å². The first-order chi connectivity index (χ1) is 8.68. The molecule has 0 amide bonds. The third-order valence-corrected chi connectivity index (χ3v) is 3.12. The molecule has 0 aliphatic carbocycles. The van der Waals surface area contributed by atoms with Crippen molar-refractivity contribution in [2.24, 2.45) is 5.92 Å². The molecule has 0 aliphatic heterocycles. The van der Waals surface area contributed by atoms with E-state index in [0.717, 1.165) is 25.3 Å². The zero-order valence-electron chi connectivity index (χ0n) is 11.7. The fourth-order valence-electron chi connectivity index (χ4n) is 1.98. The lowest BCUT2D eigenvalue weighted by molar-refractivity contribution is 0.162. The van der Waals surface area contributed by atoms with Crippen LogP contribution in [0.3, 0.4) is 0 Å². The van der Waals surface area contributed by atoms with Crippen LogP contribution in [0.15, 0.2) is 30.3 Å². The molecular weight excluding hydrogens is 222 g/mol. The van der Waals surface area contributed by atoms with Gasteiger partial charge in [-0.3, -0.25) is 0 Å². The summed E-state index contributed by atoms with van der Waals surface area (Å²) in [6.45, 7) is 6.22. The maximum atomic E-state index is 9.86. The van der Waals surface area contributed by atoms with Gasteiger partial charge >= 0.3 is 0 Å². The molecular formula is C16H27NO. The van der Waals surface area contributed by atoms with Crippen LogP contribution in [-0.2, 0) is 6.42 Å². The second kappa shape index (κ2) is 9.12. The van der Waals surface area contributed by atoms with E-state index in [1.807, 2.05) is 18.2 Å². The fourth-order valence-corrected chi connectivity index (χ4v) is 1.98. The van der Waals surface area contributed by atoms with E-state index in [1.54, 1.807) is 0 Å². The molecule has 0 heterocycles. The van der Waals surface area contributed by atoms with Gasteiger partial charge in [-0.05, 0) is 43.7 Å². The van der Waals surface area contributed by atoms with Crippen LogP contribution in [0.1, 0.15) is 38.7 Å². The summed E-state index contributed by atoms with van der Waals surface area (Å²) in [5.41, 5.74) is 1.30. The predicted molar refractivity (Wildman–Crippen MR) is 77.7 cm³/mol. The van der Waals surface area contributed by atoms with E-state index >= 15 is 0 Å². The van der Waals surface area contributed by atoms with Crippen molar-refractivity contribution in [1.29, 1.82) is 0 Å². The van der Waals surface area contributed by atoms with Gasteiger partial charge in [0.05, 0.1) is 6.10 Å². The number of hydrogen-bond acceptors (Lipinski definition) is 2. The van der Waals surface area contributed by atoms with E-state index in [-0.39, 0.29) is 6.10 Å². The summed E-state index contributed by atoms with van der Waals surface area (Å²) < 4.78 is 0. The van der Waals surface area contributed by atoms with Gasteiger partial charge in [0, 0.05) is 6.54 Å². The Morgan fingerprint density at radius 3 is 2.50 bits per heavy atom. The third kappa shape index (κ3) is 7.46. The average molecular weight is 249 g/mol. The van der Waals surface area contributed by atoms with Crippen molar-refractivity contribution in [2.75, 3.05) is 13.1 Å². The Hall–Kier alpha value is -0.860. The second-order valence-corrected chi connectivity index (χ2v) is 5.42. The molecule has 0 bridgehead atoms. The van der Waals surface area contributed by atoms with Gasteiger partial charge in [0.2, 0.25) is 0 Å². The van der Waals surface area contributed by atoms with Crippen LogP contribution < -0.4 is 5.32 Å². The summed E-state index contributed by atoms with van der Waals surface area (Å²) in [5, 5.41) is 13.2. The van der Waals surface area contributed by atoms with Gasteiger partial charge < -0.3 is 10.4 Å². The summed E-state index contributed by atoms with van der Waals surface area (Å²) >= 11 is 0. The molecule has 1 aromatic carbocycles. The van der Waals surface area contributed by atoms with E-state index < -0.39 is 0 Å². The number of benzene rings is 1. The standard InChI is InChI=1S/C16H27NO/c1-14(2)7-6-12-17-13-16(18)11-10-15-8-4-3-5-9-15/h3-5,8-9,14,16-18H,6-7,10-13H2,1-2H3. The van der Waals surface area contributed by atoms with Crippen LogP contribution in [0.25, 0.3) is 0 Å². The van der Waals surface area contributed by atoms with Crippen LogP contribution in [0, 0.1) is 5.92 Å². The van der Waals surface area contributed by atoms with E-state index in [9.17, 15) is 5.11 Å². The summed E-state index contributed by atoms with van der Waals surface area (Å²) in [5.74, 6) is 0.773. The van der Waals surface area contributed by atoms with E-state index in [2.05, 4.69) is 31.3 Å². The highest BCUT2D eigenvalue weighted by Gasteiger charge is 2.04. The topological polar surface area (TPSA) is 32.3 Å². The van der Waals surface area contributed by atoms with Crippen molar-refractivity contribution < 1.29 is 5.11 Å². The molecule has 0 radical (unpaired) electrons. The molecule has 18 heavy (non-hydrogen) atoms. The van der Waals surface area contributed by atoms with E-state index in [4.69, 9.17) is 0 Å². The van der Waals surface area contributed by atoms with Crippen LogP contribution in [0.4, 0.5) is 0 Å². The lowest BCUT2D eigenvalue weighted by Gasteiger charge is -2.12. The molecule has 2 nitrogen and oxygen atoms in total. The zero-order valence-corrected chi connectivity index (χ0v) is 11.7. The van der Waals surface area contributed by atoms with Crippen molar-refractivity contribution in [3.05, 3.63) is 35.9 Å². The largest absolute Gasteiger partial charge is 0.392 e. The molecule has 2 heteroatoms. The number of hydrogen-bond donors (Lipinski definition) is 2. The van der Waals surface area contributed by atoms with Gasteiger partial charge in [-0.1, -0.05) is 44.2 Å². The van der Waals surface area contributed by atoms with E-state index in [0.29, 0.717) is 6.54 Å². The molecule has 102 valence electrons. The Morgan fingerprint density at radius 2 is 1.83 bits per heavy atom. The van der Waals surface area contributed by atoms with Gasteiger partial charge in [0.25, 0.3) is 0 Å². The first-order valence-corrected chi connectivity index (χ1v) is 7.11. The molecule has 2 N–H and O–H groups in total. The van der Waals surface area contributed by atoms with Gasteiger partial charge in [-0.15, -0.1) is 0 Å². The SMILES string of the molecule is CC(C)CCCNCC(O)CCc1ccccc1. The summed E-state index contributed by atoms with van der Waals surface area (Å²) in [4.78, 5) is 0. The Morgan fingerprint density at radius 1 is 1.11 bits per heavy atom. The van der Waals surface area contributed by atoms with Crippen molar-refractivity contribution in [1.82, 2.24) is 5.32 Å². The number of rotatable bonds is 9. The Bertz CT molecular complexity index is 297. The molecule has 1 rings (SSSR count). The number of aliphatic hydroxyl groups is 1. The Labute approximate surface area is 111 Å². The lowest BCUT2D eigenvalue weighted by Crippen LogP contribution is -2.28. The van der Waals surface area contributed by atoms with Gasteiger partial charge in [0.15, 0.2) is 0 Å². The Kier molecular flexibility index (Phi) is 7.70. The summed E-state index contributed by atoms with van der Waals surface area (Å²) in [6.07, 6.45) is 4.01. The van der Waals surface area contributed by atoms with Crippen molar-refractivity contribution in [3.63, 3.8) is 0 Å². The molecule has 1 atom stereocenters. The number of aliphatic hydroxyl groups excluding tert-OH is 1. The fraction of sp³-hybridized carbons (Fsp3) is 0.625. The molecule has 0 saturated carbocycles. The second-order valence-electron chi connectivity index (χ2n) is 5.42. The minimum Gasteiger partial charge on any atom is -0.392 e. The van der Waals surface area contributed by atoms with Crippen LogP contribution in [0.5, 0.6) is 0 Å². The molecule has 0 saturated heterocycles. The third-order valence-electron chi connectivity index (χ3n) is 3.12. The molecule has 1 unspecified atom stereocenters. The summed E-state index contributed by atoms with van der Waals surface area (Å²) in [6, 6.07) is 10.3. The van der Waals surface area contributed by atoms with Crippen LogP contribution in [-0.4, -0.2) is 24.3 Å². The summed E-state index contributed by atoms with van der Waals surface area (Å²) in [7, 11) is 0. The van der Waals surface area contributed by atoms with Crippen molar-refractivity contribution >= 4 is 0 Å². The van der Waals surface area contributed by atoms with Crippen LogP contribution >= 0.6 is 0 Å². The smallest absolute Gasteiger partial charge is 0.0667 e. The van der Waals surface area contributed by atoms with Crippen molar-refractivity contribution in [2.45, 2.75) is 45.6 Å². The van der Waals surface area contributed by atoms with Gasteiger partial charge in [0.1, 0.15) is 0 Å². The minimum absolute atomic E-state index is 0.232. The Balaban J connectivity index is 2.02. The highest BCUT2D eigenvalue weighted by Crippen LogP contribution is 2.05. The maximum Gasteiger partial charge on any atom is 0.0667 e. The number of nitrogens with one attached hydrogen (secondary N) is 1. The highest BCUT2D eigenvalue weighted by atomic mass is 16.3. The molecule has 0 fully saturated rings. The predicted octanol–water partition coefficient (Wildman–Crippen LogP) is 3.01. The molecule has 0 aliphatic rings. The quantitative estimate of drug-likeness (QED) is 0.659. The van der Waals surface area contributed by atoms with Gasteiger partial charge in [-0.25, -0.2) is 0 Å². The minimum atomic E-state index is -0.232. The maximum absolute atomic E-state index is 9.86. The molecule has 0 aromatic heterocycles. The monoisotopic (exact) mass is 249 g/mol. The van der Waals surface area contributed by atoms with E-state index in [1.165, 1.54) is 18.4 Å². The molecule has 1 aromatic rings. The normalized spacial score (nSPS) is 12.9. The molecule has 0 spiro atoms. The first-order valence-electron chi connectivity index (χ1n) is 7.11. The zero-order chi connectivity index (χ0) is 13.2.